The Balaban J connectivity index is 2.19. The lowest BCUT2D eigenvalue weighted by Gasteiger charge is -2.30. The molecule has 1 aromatic rings. The van der Waals surface area contributed by atoms with Crippen LogP contribution in [0.15, 0.2) is 24.3 Å². The van der Waals surface area contributed by atoms with E-state index in [0.717, 1.165) is 5.56 Å². The molecule has 0 saturated carbocycles. The first-order valence-corrected chi connectivity index (χ1v) is 7.60. The van der Waals surface area contributed by atoms with E-state index in [4.69, 9.17) is 4.74 Å². The minimum atomic E-state index is -2.52. The van der Waals surface area contributed by atoms with Crippen molar-refractivity contribution in [2.24, 2.45) is 0 Å². The summed E-state index contributed by atoms with van der Waals surface area (Å²) in [6.45, 7) is 0.191. The second kappa shape index (κ2) is 7.02. The molecule has 0 fully saturated rings. The Hall–Kier alpha value is -1.17. The van der Waals surface area contributed by atoms with Gasteiger partial charge in [0.2, 0.25) is 5.91 Å². The van der Waals surface area contributed by atoms with Gasteiger partial charge < -0.3 is 9.64 Å². The van der Waals surface area contributed by atoms with E-state index in [9.17, 15) is 13.6 Å². The summed E-state index contributed by atoms with van der Waals surface area (Å²) in [6, 6.07) is 7.29. The van der Waals surface area contributed by atoms with Crippen LogP contribution < -0.4 is 4.74 Å². The molecule has 0 spiro atoms. The van der Waals surface area contributed by atoms with Crippen LogP contribution in [0.25, 0.3) is 0 Å². The number of amides is 1. The summed E-state index contributed by atoms with van der Waals surface area (Å²) in [6.07, 6.45) is -1.99. The van der Waals surface area contributed by atoms with Crippen LogP contribution in [0.2, 0.25) is 0 Å². The van der Waals surface area contributed by atoms with Gasteiger partial charge in [-0.05, 0) is 12.5 Å². The molecule has 1 aliphatic rings. The second-order valence-corrected chi connectivity index (χ2v) is 5.38. The molecular formula is C14H16BrF2NO2. The van der Waals surface area contributed by atoms with Crippen LogP contribution in [0.5, 0.6) is 5.75 Å². The summed E-state index contributed by atoms with van der Waals surface area (Å²) in [5.41, 5.74) is 0.789. The standard InChI is InChI=1S/C14H16BrF2NO2/c15-6-7-18(9-13(16)17)14(19)11-5-8-20-12-4-2-1-3-10(11)12/h1-4,11,13H,5-9H2. The predicted octanol–water partition coefficient (Wildman–Crippen LogP) is 3.04. The zero-order chi connectivity index (χ0) is 14.5. The third-order valence-corrected chi connectivity index (χ3v) is 3.64. The molecule has 2 rings (SSSR count). The van der Waals surface area contributed by atoms with Gasteiger partial charge in [-0.25, -0.2) is 8.78 Å². The van der Waals surface area contributed by atoms with Crippen molar-refractivity contribution in [1.29, 1.82) is 0 Å². The van der Waals surface area contributed by atoms with Crippen LogP contribution in [-0.2, 0) is 4.79 Å². The number of carbonyl (C=O) groups is 1. The summed E-state index contributed by atoms with van der Waals surface area (Å²) in [5.74, 6) is 0.0335. The SMILES string of the molecule is O=C(C1CCOc2ccccc21)N(CCBr)CC(F)F. The summed E-state index contributed by atoms with van der Waals surface area (Å²) in [5, 5.41) is 0.482. The maximum absolute atomic E-state index is 12.6. The quantitative estimate of drug-likeness (QED) is 0.766. The number of nitrogens with zero attached hydrogens (tertiary/aromatic N) is 1. The van der Waals surface area contributed by atoms with E-state index in [1.54, 1.807) is 6.07 Å². The molecule has 0 bridgehead atoms. The van der Waals surface area contributed by atoms with Gasteiger partial charge in [0.1, 0.15) is 5.75 Å². The van der Waals surface area contributed by atoms with Crippen LogP contribution in [0.1, 0.15) is 17.9 Å². The minimum absolute atomic E-state index is 0.250. The Kier molecular flexibility index (Phi) is 5.34. The topological polar surface area (TPSA) is 29.5 Å². The van der Waals surface area contributed by atoms with E-state index >= 15 is 0 Å². The van der Waals surface area contributed by atoms with Gasteiger partial charge >= 0.3 is 0 Å². The monoisotopic (exact) mass is 347 g/mol. The van der Waals surface area contributed by atoms with Crippen LogP contribution in [0.3, 0.4) is 0 Å². The van der Waals surface area contributed by atoms with Crippen LogP contribution in [0, 0.1) is 0 Å². The van der Waals surface area contributed by atoms with Gasteiger partial charge in [0.15, 0.2) is 0 Å². The average molecular weight is 348 g/mol. The van der Waals surface area contributed by atoms with Crippen molar-refractivity contribution < 1.29 is 18.3 Å². The number of hydrogen-bond acceptors (Lipinski definition) is 2. The second-order valence-electron chi connectivity index (χ2n) is 4.59. The molecule has 0 aromatic heterocycles. The molecule has 1 amide bonds. The zero-order valence-corrected chi connectivity index (χ0v) is 12.5. The molecule has 0 radical (unpaired) electrons. The Labute approximate surface area is 125 Å². The van der Waals surface area contributed by atoms with E-state index in [-0.39, 0.29) is 12.5 Å². The first-order valence-electron chi connectivity index (χ1n) is 6.48. The molecule has 0 saturated heterocycles. The molecule has 1 heterocycles. The number of benzene rings is 1. The Bertz CT molecular complexity index is 470. The van der Waals surface area contributed by atoms with Crippen molar-refractivity contribution in [2.75, 3.05) is 25.0 Å². The van der Waals surface area contributed by atoms with Crippen molar-refractivity contribution in [1.82, 2.24) is 4.90 Å². The Morgan fingerprint density at radius 1 is 1.45 bits per heavy atom. The average Bonchev–Trinajstić information content (AvgIpc) is 2.45. The number of alkyl halides is 3. The van der Waals surface area contributed by atoms with Crippen LogP contribution in [0.4, 0.5) is 8.78 Å². The summed E-state index contributed by atoms with van der Waals surface area (Å²) in [7, 11) is 0. The first kappa shape index (κ1) is 15.2. The largest absolute Gasteiger partial charge is 0.493 e. The first-order chi connectivity index (χ1) is 9.63. The molecule has 0 aliphatic carbocycles. The van der Waals surface area contributed by atoms with E-state index in [1.165, 1.54) is 4.90 Å². The van der Waals surface area contributed by atoms with Crippen molar-refractivity contribution in [3.8, 4) is 5.75 Å². The highest BCUT2D eigenvalue weighted by molar-refractivity contribution is 9.09. The highest BCUT2D eigenvalue weighted by Crippen LogP contribution is 2.34. The van der Waals surface area contributed by atoms with Crippen molar-refractivity contribution in [2.45, 2.75) is 18.8 Å². The summed E-state index contributed by atoms with van der Waals surface area (Å²) in [4.78, 5) is 13.7. The third-order valence-electron chi connectivity index (χ3n) is 3.28. The number of rotatable bonds is 5. The van der Waals surface area contributed by atoms with Gasteiger partial charge in [-0.1, -0.05) is 34.1 Å². The van der Waals surface area contributed by atoms with Gasteiger partial charge in [-0.15, -0.1) is 0 Å². The fourth-order valence-corrected chi connectivity index (χ4v) is 2.81. The Morgan fingerprint density at radius 2 is 2.20 bits per heavy atom. The molecule has 1 unspecified atom stereocenters. The lowest BCUT2D eigenvalue weighted by Crippen LogP contribution is -2.40. The summed E-state index contributed by atoms with van der Waals surface area (Å²) < 4.78 is 30.7. The maximum Gasteiger partial charge on any atom is 0.255 e. The van der Waals surface area contributed by atoms with E-state index < -0.39 is 18.9 Å². The van der Waals surface area contributed by atoms with Gasteiger partial charge in [-0.2, -0.15) is 0 Å². The molecule has 20 heavy (non-hydrogen) atoms. The van der Waals surface area contributed by atoms with Crippen molar-refractivity contribution >= 4 is 21.8 Å². The fraction of sp³-hybridized carbons (Fsp3) is 0.500. The molecule has 1 aliphatic heterocycles. The highest BCUT2D eigenvalue weighted by atomic mass is 79.9. The molecule has 6 heteroatoms. The number of fused-ring (bicyclic) bond motifs is 1. The molecular weight excluding hydrogens is 332 g/mol. The van der Waals surface area contributed by atoms with Crippen LogP contribution in [-0.4, -0.2) is 42.3 Å². The maximum atomic E-state index is 12.6. The van der Waals surface area contributed by atoms with E-state index in [2.05, 4.69) is 15.9 Å². The predicted molar refractivity (Wildman–Crippen MR) is 75.7 cm³/mol. The molecule has 3 nitrogen and oxygen atoms in total. The molecule has 110 valence electrons. The number of ether oxygens (including phenoxy) is 1. The van der Waals surface area contributed by atoms with E-state index in [1.807, 2.05) is 18.2 Å². The fourth-order valence-electron chi connectivity index (χ4n) is 2.38. The number of carbonyl (C=O) groups excluding carboxylic acids is 1. The smallest absolute Gasteiger partial charge is 0.255 e. The Morgan fingerprint density at radius 3 is 2.90 bits per heavy atom. The van der Waals surface area contributed by atoms with E-state index in [0.29, 0.717) is 24.1 Å². The lowest BCUT2D eigenvalue weighted by molar-refractivity contribution is -0.135. The van der Waals surface area contributed by atoms with Gasteiger partial charge in [0.25, 0.3) is 6.43 Å². The molecule has 1 atom stereocenters. The lowest BCUT2D eigenvalue weighted by atomic mass is 9.92. The highest BCUT2D eigenvalue weighted by Gasteiger charge is 2.31. The van der Waals surface area contributed by atoms with Crippen molar-refractivity contribution in [3.05, 3.63) is 29.8 Å². The van der Waals surface area contributed by atoms with Gasteiger partial charge in [0.05, 0.1) is 19.1 Å². The normalized spacial score (nSPS) is 17.5. The van der Waals surface area contributed by atoms with Gasteiger partial charge in [0, 0.05) is 17.4 Å². The minimum Gasteiger partial charge on any atom is -0.493 e. The third kappa shape index (κ3) is 3.48. The number of para-hydroxylation sites is 1. The molecule has 1 aromatic carbocycles. The zero-order valence-electron chi connectivity index (χ0n) is 10.9. The van der Waals surface area contributed by atoms with Crippen LogP contribution >= 0.6 is 15.9 Å². The number of hydrogen-bond donors (Lipinski definition) is 0. The summed E-state index contributed by atoms with van der Waals surface area (Å²) >= 11 is 3.20. The molecule has 0 N–H and O–H groups in total. The number of halogens is 3. The van der Waals surface area contributed by atoms with Gasteiger partial charge in [-0.3, -0.25) is 4.79 Å². The van der Waals surface area contributed by atoms with Crippen molar-refractivity contribution in [3.63, 3.8) is 0 Å².